The minimum absolute atomic E-state index is 0.0212. The average molecular weight is 391 g/mol. The Morgan fingerprint density at radius 2 is 2.04 bits per heavy atom. The van der Waals surface area contributed by atoms with Crippen LogP contribution in [0.4, 0.5) is 14.9 Å². The van der Waals surface area contributed by atoms with E-state index in [1.165, 1.54) is 12.1 Å². The van der Waals surface area contributed by atoms with E-state index in [4.69, 9.17) is 9.84 Å². The molecule has 1 rings (SSSR count). The molecule has 1 atom stereocenters. The molecular formula is C15H20BrFN2O4. The number of aliphatic hydroxyl groups is 1. The third-order valence-corrected chi connectivity index (χ3v) is 3.11. The summed E-state index contributed by atoms with van der Waals surface area (Å²) in [6.45, 7) is 4.73. The van der Waals surface area contributed by atoms with E-state index in [0.29, 0.717) is 4.47 Å². The van der Waals surface area contributed by atoms with Gasteiger partial charge in [-0.05, 0) is 45.4 Å². The van der Waals surface area contributed by atoms with Crippen LogP contribution in [0.15, 0.2) is 22.7 Å². The van der Waals surface area contributed by atoms with Gasteiger partial charge in [0, 0.05) is 11.1 Å². The summed E-state index contributed by atoms with van der Waals surface area (Å²) in [6, 6.07) is 3.12. The molecule has 0 unspecified atom stereocenters. The van der Waals surface area contributed by atoms with Gasteiger partial charge in [0.05, 0.1) is 5.69 Å². The van der Waals surface area contributed by atoms with Gasteiger partial charge in [0.1, 0.15) is 17.5 Å². The lowest BCUT2D eigenvalue weighted by atomic mass is 10.2. The van der Waals surface area contributed by atoms with Crippen molar-refractivity contribution in [3.05, 3.63) is 28.5 Å². The Bertz CT molecular complexity index is 575. The van der Waals surface area contributed by atoms with Crippen LogP contribution in [0.3, 0.4) is 0 Å². The summed E-state index contributed by atoms with van der Waals surface area (Å²) in [4.78, 5) is 23.9. The minimum Gasteiger partial charge on any atom is -0.444 e. The van der Waals surface area contributed by atoms with E-state index in [1.54, 1.807) is 26.8 Å². The number of hydrogen-bond donors (Lipinski definition) is 3. The molecule has 128 valence electrons. The minimum atomic E-state index is -1.04. The third kappa shape index (κ3) is 6.96. The fourth-order valence-corrected chi connectivity index (χ4v) is 1.99. The fourth-order valence-electron chi connectivity index (χ4n) is 1.66. The molecule has 2 amide bonds. The molecule has 6 nitrogen and oxygen atoms in total. The van der Waals surface area contributed by atoms with E-state index in [2.05, 4.69) is 26.6 Å². The number of benzene rings is 1. The van der Waals surface area contributed by atoms with Crippen molar-refractivity contribution < 1.29 is 23.8 Å². The van der Waals surface area contributed by atoms with Crippen molar-refractivity contribution in [2.45, 2.75) is 38.8 Å². The standard InChI is InChI=1S/C15H20BrFN2O4/c1-15(2,3)23-14(22)19-12(6-7-20)13(21)18-11-5-4-9(16)8-10(11)17/h4-5,8,12,20H,6-7H2,1-3H3,(H,18,21)(H,19,22)/t12-/m0/s1. The van der Waals surface area contributed by atoms with Crippen molar-refractivity contribution in [1.82, 2.24) is 5.32 Å². The van der Waals surface area contributed by atoms with Crippen molar-refractivity contribution in [1.29, 1.82) is 0 Å². The Morgan fingerprint density at radius 1 is 1.39 bits per heavy atom. The molecule has 0 aliphatic carbocycles. The predicted molar refractivity (Wildman–Crippen MR) is 87.6 cm³/mol. The number of halogens is 2. The molecule has 8 heteroatoms. The third-order valence-electron chi connectivity index (χ3n) is 2.61. The van der Waals surface area contributed by atoms with Crippen LogP contribution in [0, 0.1) is 5.82 Å². The van der Waals surface area contributed by atoms with Crippen molar-refractivity contribution >= 4 is 33.6 Å². The van der Waals surface area contributed by atoms with Gasteiger partial charge in [-0.2, -0.15) is 0 Å². The van der Waals surface area contributed by atoms with Gasteiger partial charge in [0.15, 0.2) is 0 Å². The molecule has 0 saturated heterocycles. The van der Waals surface area contributed by atoms with Crippen LogP contribution in [0.1, 0.15) is 27.2 Å². The molecule has 1 aromatic rings. The second-order valence-electron chi connectivity index (χ2n) is 5.82. The summed E-state index contributed by atoms with van der Waals surface area (Å²) in [5.41, 5.74) is -0.741. The van der Waals surface area contributed by atoms with Crippen molar-refractivity contribution in [3.63, 3.8) is 0 Å². The molecule has 3 N–H and O–H groups in total. The highest BCUT2D eigenvalue weighted by Crippen LogP contribution is 2.19. The summed E-state index contributed by atoms with van der Waals surface area (Å²) >= 11 is 3.12. The lowest BCUT2D eigenvalue weighted by Crippen LogP contribution is -2.46. The van der Waals surface area contributed by atoms with Gasteiger partial charge in [0.25, 0.3) is 0 Å². The van der Waals surface area contributed by atoms with Crippen LogP contribution >= 0.6 is 15.9 Å². The smallest absolute Gasteiger partial charge is 0.408 e. The van der Waals surface area contributed by atoms with Crippen molar-refractivity contribution in [2.75, 3.05) is 11.9 Å². The highest BCUT2D eigenvalue weighted by atomic mass is 79.9. The topological polar surface area (TPSA) is 87.7 Å². The number of ether oxygens (including phenoxy) is 1. The van der Waals surface area contributed by atoms with E-state index >= 15 is 0 Å². The first-order valence-corrected chi connectivity index (χ1v) is 7.78. The van der Waals surface area contributed by atoms with Gasteiger partial charge in [-0.25, -0.2) is 9.18 Å². The normalized spacial score (nSPS) is 12.4. The second-order valence-corrected chi connectivity index (χ2v) is 6.74. The van der Waals surface area contributed by atoms with Gasteiger partial charge in [0.2, 0.25) is 5.91 Å². The Morgan fingerprint density at radius 3 is 2.57 bits per heavy atom. The zero-order chi connectivity index (χ0) is 17.6. The fraction of sp³-hybridized carbons (Fsp3) is 0.467. The number of anilines is 1. The number of carbonyl (C=O) groups is 2. The molecule has 0 spiro atoms. The van der Waals surface area contributed by atoms with E-state index < -0.39 is 29.5 Å². The van der Waals surface area contributed by atoms with Crippen LogP contribution in [0.25, 0.3) is 0 Å². The summed E-state index contributed by atoms with van der Waals surface area (Å²) in [6.07, 6.45) is -0.814. The van der Waals surface area contributed by atoms with Gasteiger partial charge < -0.3 is 20.5 Å². The molecule has 0 saturated carbocycles. The Balaban J connectivity index is 2.76. The van der Waals surface area contributed by atoms with E-state index in [0.717, 1.165) is 0 Å². The first-order valence-electron chi connectivity index (χ1n) is 6.98. The molecular weight excluding hydrogens is 371 g/mol. The van der Waals surface area contributed by atoms with Crippen LogP contribution < -0.4 is 10.6 Å². The predicted octanol–water partition coefficient (Wildman–Crippen LogP) is 2.80. The zero-order valence-electron chi connectivity index (χ0n) is 13.2. The first kappa shape index (κ1) is 19.4. The second kappa shape index (κ2) is 8.26. The molecule has 0 heterocycles. The largest absolute Gasteiger partial charge is 0.444 e. The van der Waals surface area contributed by atoms with E-state index in [-0.39, 0.29) is 18.7 Å². The molecule has 0 bridgehead atoms. The number of aliphatic hydroxyl groups excluding tert-OH is 1. The first-order chi connectivity index (χ1) is 10.6. The summed E-state index contributed by atoms with van der Waals surface area (Å²) in [5.74, 6) is -1.26. The molecule has 1 aromatic carbocycles. The van der Waals surface area contributed by atoms with Gasteiger partial charge in [-0.3, -0.25) is 4.79 Å². The summed E-state index contributed by atoms with van der Waals surface area (Å²) < 4.78 is 19.3. The van der Waals surface area contributed by atoms with Crippen molar-refractivity contribution in [3.8, 4) is 0 Å². The van der Waals surface area contributed by atoms with Gasteiger partial charge in [-0.15, -0.1) is 0 Å². The Hall–Kier alpha value is -1.67. The maximum absolute atomic E-state index is 13.7. The zero-order valence-corrected chi connectivity index (χ0v) is 14.7. The van der Waals surface area contributed by atoms with Crippen molar-refractivity contribution in [2.24, 2.45) is 0 Å². The number of alkyl carbamates (subject to hydrolysis) is 1. The highest BCUT2D eigenvalue weighted by molar-refractivity contribution is 9.10. The van der Waals surface area contributed by atoms with E-state index in [9.17, 15) is 14.0 Å². The van der Waals surface area contributed by atoms with Crippen LogP contribution in [0.5, 0.6) is 0 Å². The number of carbonyl (C=O) groups excluding carboxylic acids is 2. The maximum atomic E-state index is 13.7. The molecule has 0 fully saturated rings. The van der Waals surface area contributed by atoms with Crippen LogP contribution in [-0.2, 0) is 9.53 Å². The lowest BCUT2D eigenvalue weighted by Gasteiger charge is -2.23. The molecule has 0 aliphatic rings. The summed E-state index contributed by atoms with van der Waals surface area (Å²) in [7, 11) is 0. The van der Waals surface area contributed by atoms with Gasteiger partial charge >= 0.3 is 6.09 Å². The molecule has 23 heavy (non-hydrogen) atoms. The highest BCUT2D eigenvalue weighted by Gasteiger charge is 2.24. The van der Waals surface area contributed by atoms with Crippen LogP contribution in [0.2, 0.25) is 0 Å². The van der Waals surface area contributed by atoms with E-state index in [1.807, 2.05) is 0 Å². The molecule has 0 radical (unpaired) electrons. The SMILES string of the molecule is CC(C)(C)OC(=O)N[C@@H](CCO)C(=O)Nc1ccc(Br)cc1F. The summed E-state index contributed by atoms with van der Waals surface area (Å²) in [5, 5.41) is 13.8. The Labute approximate surface area is 142 Å². The number of nitrogens with one attached hydrogen (secondary N) is 2. The quantitative estimate of drug-likeness (QED) is 0.721. The Kier molecular flexibility index (Phi) is 6.96. The monoisotopic (exact) mass is 390 g/mol. The number of rotatable bonds is 5. The van der Waals surface area contributed by atoms with Gasteiger partial charge in [-0.1, -0.05) is 15.9 Å². The number of hydrogen-bond acceptors (Lipinski definition) is 4. The average Bonchev–Trinajstić information content (AvgIpc) is 2.39. The van der Waals surface area contributed by atoms with Crippen LogP contribution in [-0.4, -0.2) is 35.4 Å². The lowest BCUT2D eigenvalue weighted by molar-refractivity contribution is -0.118. The molecule has 0 aromatic heterocycles. The number of amides is 2. The maximum Gasteiger partial charge on any atom is 0.408 e. The molecule has 0 aliphatic heterocycles.